The van der Waals surface area contributed by atoms with Crippen LogP contribution >= 0.6 is 0 Å². The van der Waals surface area contributed by atoms with Crippen LogP contribution < -0.4 is 0 Å². The molecule has 1 N–H and O–H groups in total. The number of ether oxygens (including phenoxy) is 1. The van der Waals surface area contributed by atoms with E-state index in [1.165, 1.54) is 0 Å². The highest BCUT2D eigenvalue weighted by Gasteiger charge is 2.35. The molecule has 1 saturated heterocycles. The minimum atomic E-state index is -0.825. The molecule has 0 atom stereocenters. The number of rotatable bonds is 2. The first-order valence-electron chi connectivity index (χ1n) is 8.79. The largest absolute Gasteiger partial charge is 0.444 e. The number of hydrogen-bond donors (Lipinski definition) is 1. The second kappa shape index (κ2) is 6.64. The Labute approximate surface area is 148 Å². The van der Waals surface area contributed by atoms with Crippen LogP contribution in [0, 0.1) is 0 Å². The predicted octanol–water partition coefficient (Wildman–Crippen LogP) is 3.54. The average Bonchev–Trinajstić information content (AvgIpc) is 2.53. The van der Waals surface area contributed by atoms with E-state index in [1.54, 1.807) is 4.90 Å². The molecule has 2 heterocycles. The predicted molar refractivity (Wildman–Crippen MR) is 97.4 cm³/mol. The Bertz CT molecular complexity index is 759. The number of nitrogens with zero attached hydrogens (tertiary/aromatic N) is 2. The zero-order valence-corrected chi connectivity index (χ0v) is 15.2. The van der Waals surface area contributed by atoms with Crippen LogP contribution in [0.5, 0.6) is 0 Å². The minimum absolute atomic E-state index is 0.307. The number of aromatic nitrogens is 1. The summed E-state index contributed by atoms with van der Waals surface area (Å²) in [6, 6.07) is 12.0. The van der Waals surface area contributed by atoms with Gasteiger partial charge in [0.2, 0.25) is 0 Å². The fourth-order valence-electron chi connectivity index (χ4n) is 3.15. The van der Waals surface area contributed by atoms with Gasteiger partial charge < -0.3 is 14.7 Å². The number of fused-ring (bicyclic) bond motifs is 1. The lowest BCUT2D eigenvalue weighted by molar-refractivity contribution is -0.0319. The summed E-state index contributed by atoms with van der Waals surface area (Å²) < 4.78 is 5.40. The van der Waals surface area contributed by atoms with E-state index in [4.69, 9.17) is 4.74 Å². The summed E-state index contributed by atoms with van der Waals surface area (Å²) >= 11 is 0. The lowest BCUT2D eigenvalue weighted by Gasteiger charge is -2.38. The zero-order valence-electron chi connectivity index (χ0n) is 15.2. The number of aliphatic hydroxyl groups is 1. The van der Waals surface area contributed by atoms with Gasteiger partial charge in [0.1, 0.15) is 5.60 Å². The van der Waals surface area contributed by atoms with Crippen LogP contribution in [0.1, 0.15) is 39.3 Å². The summed E-state index contributed by atoms with van der Waals surface area (Å²) in [6.45, 7) is 6.57. The molecule has 2 aromatic rings. The molecule has 0 radical (unpaired) electrons. The molecule has 0 saturated carbocycles. The molecular formula is C20H26N2O3. The SMILES string of the molecule is CC(C)(C)OC(=O)N1CCC(O)(Cc2ccc3ccccc3n2)CC1. The van der Waals surface area contributed by atoms with E-state index in [2.05, 4.69) is 4.98 Å². The Hall–Kier alpha value is -2.14. The molecule has 0 bridgehead atoms. The molecule has 25 heavy (non-hydrogen) atoms. The number of pyridine rings is 1. The van der Waals surface area contributed by atoms with Gasteiger partial charge in [-0.2, -0.15) is 0 Å². The van der Waals surface area contributed by atoms with Crippen molar-refractivity contribution in [3.8, 4) is 0 Å². The van der Waals surface area contributed by atoms with Crippen molar-refractivity contribution in [1.29, 1.82) is 0 Å². The first kappa shape index (κ1) is 17.7. The number of para-hydroxylation sites is 1. The number of hydrogen-bond acceptors (Lipinski definition) is 4. The Kier molecular flexibility index (Phi) is 4.69. The summed E-state index contributed by atoms with van der Waals surface area (Å²) in [4.78, 5) is 18.5. The van der Waals surface area contributed by atoms with Gasteiger partial charge in [0, 0.05) is 30.6 Å². The quantitative estimate of drug-likeness (QED) is 0.907. The van der Waals surface area contributed by atoms with E-state index in [9.17, 15) is 9.90 Å². The van der Waals surface area contributed by atoms with Gasteiger partial charge in [0.05, 0.1) is 11.1 Å². The van der Waals surface area contributed by atoms with E-state index in [0.717, 1.165) is 16.6 Å². The highest BCUT2D eigenvalue weighted by molar-refractivity contribution is 5.78. The van der Waals surface area contributed by atoms with Crippen LogP contribution in [0.25, 0.3) is 10.9 Å². The molecule has 1 aromatic carbocycles. The van der Waals surface area contributed by atoms with E-state index in [0.29, 0.717) is 32.4 Å². The second-order valence-corrected chi connectivity index (χ2v) is 7.86. The third-order valence-electron chi connectivity index (χ3n) is 4.51. The first-order valence-corrected chi connectivity index (χ1v) is 8.79. The Morgan fingerprint density at radius 2 is 1.88 bits per heavy atom. The maximum atomic E-state index is 12.1. The van der Waals surface area contributed by atoms with Gasteiger partial charge in [-0.05, 0) is 45.7 Å². The normalized spacial score (nSPS) is 17.5. The van der Waals surface area contributed by atoms with Gasteiger partial charge in [-0.3, -0.25) is 4.98 Å². The number of piperidine rings is 1. The van der Waals surface area contributed by atoms with Crippen LogP contribution in [0.2, 0.25) is 0 Å². The molecule has 0 aliphatic carbocycles. The highest BCUT2D eigenvalue weighted by atomic mass is 16.6. The molecule has 5 heteroatoms. The zero-order chi connectivity index (χ0) is 18.1. The molecular weight excluding hydrogens is 316 g/mol. The third-order valence-corrected chi connectivity index (χ3v) is 4.51. The van der Waals surface area contributed by atoms with Gasteiger partial charge in [-0.15, -0.1) is 0 Å². The van der Waals surface area contributed by atoms with Crippen molar-refractivity contribution in [3.63, 3.8) is 0 Å². The summed E-state index contributed by atoms with van der Waals surface area (Å²) in [7, 11) is 0. The molecule has 0 unspecified atom stereocenters. The monoisotopic (exact) mass is 342 g/mol. The Morgan fingerprint density at radius 1 is 1.20 bits per heavy atom. The summed E-state index contributed by atoms with van der Waals surface area (Å²) in [5.41, 5.74) is 0.495. The van der Waals surface area contributed by atoms with Crippen molar-refractivity contribution in [3.05, 3.63) is 42.1 Å². The number of carbonyl (C=O) groups excluding carboxylic acids is 1. The minimum Gasteiger partial charge on any atom is -0.444 e. The molecule has 5 nitrogen and oxygen atoms in total. The Morgan fingerprint density at radius 3 is 2.56 bits per heavy atom. The molecule has 1 amide bonds. The van der Waals surface area contributed by atoms with Gasteiger partial charge in [-0.25, -0.2) is 4.79 Å². The standard InChI is InChI=1S/C20H26N2O3/c1-19(2,3)25-18(23)22-12-10-20(24,11-13-22)14-16-9-8-15-6-4-5-7-17(15)21-16/h4-9,24H,10-14H2,1-3H3. The van der Waals surface area contributed by atoms with Crippen molar-refractivity contribution in [2.75, 3.05) is 13.1 Å². The molecule has 3 rings (SSSR count). The molecule has 1 fully saturated rings. The van der Waals surface area contributed by atoms with Crippen LogP contribution in [-0.2, 0) is 11.2 Å². The summed E-state index contributed by atoms with van der Waals surface area (Å²) in [5.74, 6) is 0. The van der Waals surface area contributed by atoms with E-state index in [-0.39, 0.29) is 6.09 Å². The summed E-state index contributed by atoms with van der Waals surface area (Å²) in [6.07, 6.45) is 1.25. The van der Waals surface area contributed by atoms with Gasteiger partial charge in [0.15, 0.2) is 0 Å². The third kappa shape index (κ3) is 4.48. The number of amides is 1. The number of carbonyl (C=O) groups is 1. The number of likely N-dealkylation sites (tertiary alicyclic amines) is 1. The van der Waals surface area contributed by atoms with Gasteiger partial charge in [0.25, 0.3) is 0 Å². The fraction of sp³-hybridized carbons (Fsp3) is 0.500. The van der Waals surface area contributed by atoms with Gasteiger partial charge in [-0.1, -0.05) is 24.3 Å². The highest BCUT2D eigenvalue weighted by Crippen LogP contribution is 2.27. The van der Waals surface area contributed by atoms with Crippen LogP contribution in [0.3, 0.4) is 0 Å². The molecule has 0 spiro atoms. The van der Waals surface area contributed by atoms with Crippen molar-refractivity contribution in [2.45, 2.75) is 51.2 Å². The first-order chi connectivity index (χ1) is 11.7. The maximum Gasteiger partial charge on any atom is 0.410 e. The van der Waals surface area contributed by atoms with Crippen LogP contribution in [-0.4, -0.2) is 45.4 Å². The van der Waals surface area contributed by atoms with Crippen molar-refractivity contribution >= 4 is 17.0 Å². The Balaban J connectivity index is 1.63. The van der Waals surface area contributed by atoms with E-state index >= 15 is 0 Å². The van der Waals surface area contributed by atoms with E-state index < -0.39 is 11.2 Å². The molecule has 134 valence electrons. The molecule has 1 aromatic heterocycles. The van der Waals surface area contributed by atoms with Gasteiger partial charge >= 0.3 is 6.09 Å². The average molecular weight is 342 g/mol. The second-order valence-electron chi connectivity index (χ2n) is 7.86. The molecule has 1 aliphatic rings. The molecule has 1 aliphatic heterocycles. The topological polar surface area (TPSA) is 62.7 Å². The fourth-order valence-corrected chi connectivity index (χ4v) is 3.15. The maximum absolute atomic E-state index is 12.1. The smallest absolute Gasteiger partial charge is 0.410 e. The summed E-state index contributed by atoms with van der Waals surface area (Å²) in [5, 5.41) is 12.0. The van der Waals surface area contributed by atoms with Crippen LogP contribution in [0.4, 0.5) is 4.79 Å². The van der Waals surface area contributed by atoms with Crippen LogP contribution in [0.15, 0.2) is 36.4 Å². The number of benzene rings is 1. The lowest BCUT2D eigenvalue weighted by Crippen LogP contribution is -2.49. The van der Waals surface area contributed by atoms with Crippen molar-refractivity contribution in [2.24, 2.45) is 0 Å². The van der Waals surface area contributed by atoms with Crippen molar-refractivity contribution in [1.82, 2.24) is 9.88 Å². The van der Waals surface area contributed by atoms with Crippen molar-refractivity contribution < 1.29 is 14.6 Å². The lowest BCUT2D eigenvalue weighted by atomic mass is 9.87. The van der Waals surface area contributed by atoms with E-state index in [1.807, 2.05) is 57.2 Å².